The first-order valence-corrected chi connectivity index (χ1v) is 11.5. The number of anilines is 1. The minimum absolute atomic E-state index is 0.180. The number of hydrogen-bond donors (Lipinski definition) is 2. The number of amides is 1. The maximum atomic E-state index is 12.3. The maximum absolute atomic E-state index is 12.3. The van der Waals surface area contributed by atoms with E-state index in [1.807, 2.05) is 0 Å². The molecule has 0 aliphatic heterocycles. The molecule has 2 aliphatic rings. The highest BCUT2D eigenvalue weighted by Gasteiger charge is 2.30. The van der Waals surface area contributed by atoms with Crippen molar-refractivity contribution in [2.75, 3.05) is 5.32 Å². The van der Waals surface area contributed by atoms with E-state index in [2.05, 4.69) is 16.4 Å². The van der Waals surface area contributed by atoms with Crippen molar-refractivity contribution in [2.24, 2.45) is 5.92 Å². The van der Waals surface area contributed by atoms with Gasteiger partial charge >= 0.3 is 6.09 Å². The predicted molar refractivity (Wildman–Crippen MR) is 126 cm³/mol. The molecule has 33 heavy (non-hydrogen) atoms. The highest BCUT2D eigenvalue weighted by molar-refractivity contribution is 6.30. The van der Waals surface area contributed by atoms with Crippen molar-refractivity contribution in [3.05, 3.63) is 51.8 Å². The van der Waals surface area contributed by atoms with Crippen molar-refractivity contribution in [1.29, 1.82) is 10.7 Å². The van der Waals surface area contributed by atoms with Crippen LogP contribution < -0.4 is 10.1 Å². The second-order valence-electron chi connectivity index (χ2n) is 9.50. The fourth-order valence-corrected chi connectivity index (χ4v) is 4.12. The number of fused-ring (bicyclic) bond motifs is 1. The van der Waals surface area contributed by atoms with Crippen LogP contribution in [0.15, 0.2) is 24.3 Å². The van der Waals surface area contributed by atoms with E-state index in [0.717, 1.165) is 43.4 Å². The smallest absolute Gasteiger partial charge is 0.412 e. The normalized spacial score (nSPS) is 17.5. The maximum Gasteiger partial charge on any atom is 0.412 e. The lowest BCUT2D eigenvalue weighted by molar-refractivity contribution is 0.0636. The number of pyridine rings is 1. The van der Waals surface area contributed by atoms with E-state index in [1.165, 1.54) is 0 Å². The van der Waals surface area contributed by atoms with Gasteiger partial charge in [-0.1, -0.05) is 11.6 Å². The average molecular weight is 467 g/mol. The summed E-state index contributed by atoms with van der Waals surface area (Å²) in [4.78, 5) is 16.8. The summed E-state index contributed by atoms with van der Waals surface area (Å²) in [7, 11) is 0. The van der Waals surface area contributed by atoms with Crippen LogP contribution in [0.25, 0.3) is 0 Å². The molecule has 1 aromatic carbocycles. The van der Waals surface area contributed by atoms with Gasteiger partial charge in [0.25, 0.3) is 0 Å². The standard InChI is InChI=1S/C25H27ClN4O3/c1-25(2,3)33-24(31)29-19-10-9-17(12-18(19)21(28)14-7-8-14)32-20-6-4-5-15-11-16(13-27)23(26)30-22(15)20/h9-12,14,20,28H,4-8H2,1-3H3,(H,29,31). The minimum Gasteiger partial charge on any atom is -0.484 e. The fourth-order valence-electron chi connectivity index (χ4n) is 3.93. The molecule has 0 spiro atoms. The Morgan fingerprint density at radius 1 is 1.27 bits per heavy atom. The number of aryl methyl sites for hydroxylation is 1. The third-order valence-electron chi connectivity index (χ3n) is 5.61. The van der Waals surface area contributed by atoms with E-state index >= 15 is 0 Å². The Balaban J connectivity index is 1.60. The van der Waals surface area contributed by atoms with Crippen molar-refractivity contribution in [1.82, 2.24) is 4.98 Å². The highest BCUT2D eigenvalue weighted by atomic mass is 35.5. The Bertz CT molecular complexity index is 1150. The molecule has 1 fully saturated rings. The lowest BCUT2D eigenvalue weighted by Gasteiger charge is -2.26. The number of ether oxygens (including phenoxy) is 2. The number of hydrogen-bond acceptors (Lipinski definition) is 6. The van der Waals surface area contributed by atoms with Gasteiger partial charge in [-0.2, -0.15) is 5.26 Å². The van der Waals surface area contributed by atoms with Gasteiger partial charge in [-0.3, -0.25) is 5.32 Å². The topological polar surface area (TPSA) is 108 Å². The molecule has 1 atom stereocenters. The minimum atomic E-state index is -0.620. The van der Waals surface area contributed by atoms with E-state index in [0.29, 0.717) is 28.3 Å². The summed E-state index contributed by atoms with van der Waals surface area (Å²) in [5.74, 6) is 0.782. The first-order chi connectivity index (χ1) is 15.6. The quantitative estimate of drug-likeness (QED) is 0.403. The van der Waals surface area contributed by atoms with Gasteiger partial charge < -0.3 is 14.9 Å². The molecule has 1 aromatic heterocycles. The fraction of sp³-hybridized carbons (Fsp3) is 0.440. The van der Waals surface area contributed by atoms with E-state index in [-0.39, 0.29) is 17.2 Å². The number of nitrogens with zero attached hydrogens (tertiary/aromatic N) is 2. The van der Waals surface area contributed by atoms with Crippen molar-refractivity contribution < 1.29 is 14.3 Å². The second kappa shape index (κ2) is 9.03. The van der Waals surface area contributed by atoms with E-state index in [1.54, 1.807) is 45.0 Å². The molecule has 2 N–H and O–H groups in total. The summed E-state index contributed by atoms with van der Waals surface area (Å²) < 4.78 is 11.7. The monoisotopic (exact) mass is 466 g/mol. The lowest BCUT2D eigenvalue weighted by atomic mass is 9.92. The molecule has 2 aliphatic carbocycles. The van der Waals surface area contributed by atoms with E-state index < -0.39 is 11.7 Å². The molecule has 172 valence electrons. The third kappa shape index (κ3) is 5.45. The zero-order valence-corrected chi connectivity index (χ0v) is 19.8. The molecule has 7 nitrogen and oxygen atoms in total. The first-order valence-electron chi connectivity index (χ1n) is 11.1. The van der Waals surface area contributed by atoms with Gasteiger partial charge in [-0.05, 0) is 82.7 Å². The molecular formula is C25H27ClN4O3. The van der Waals surface area contributed by atoms with Gasteiger partial charge in [0, 0.05) is 17.2 Å². The third-order valence-corrected chi connectivity index (χ3v) is 5.90. The number of rotatable bonds is 5. The van der Waals surface area contributed by atoms with Crippen molar-refractivity contribution in [2.45, 2.75) is 64.6 Å². The van der Waals surface area contributed by atoms with Crippen molar-refractivity contribution >= 4 is 29.1 Å². The SMILES string of the molecule is CC(C)(C)OC(=O)Nc1ccc(OC2CCCc3cc(C#N)c(Cl)nc32)cc1C(=N)C1CC1. The molecule has 1 amide bonds. The Kier molecular flexibility index (Phi) is 6.31. The van der Waals surface area contributed by atoms with E-state index in [4.69, 9.17) is 26.5 Å². The number of nitriles is 1. The Morgan fingerprint density at radius 2 is 2.03 bits per heavy atom. The van der Waals surface area contributed by atoms with Crippen molar-refractivity contribution in [3.63, 3.8) is 0 Å². The number of nitrogens with one attached hydrogen (secondary N) is 2. The van der Waals surface area contributed by atoms with Crippen LogP contribution in [0, 0.1) is 22.7 Å². The zero-order valence-electron chi connectivity index (χ0n) is 19.0. The lowest BCUT2D eigenvalue weighted by Crippen LogP contribution is -2.27. The number of carbonyl (C=O) groups is 1. The number of benzene rings is 1. The predicted octanol–water partition coefficient (Wildman–Crippen LogP) is 6.19. The Morgan fingerprint density at radius 3 is 2.70 bits per heavy atom. The highest BCUT2D eigenvalue weighted by Crippen LogP contribution is 2.38. The Hall–Kier alpha value is -3.11. The van der Waals surface area contributed by atoms with Gasteiger partial charge in [0.2, 0.25) is 0 Å². The largest absolute Gasteiger partial charge is 0.484 e. The summed E-state index contributed by atoms with van der Waals surface area (Å²) in [5.41, 5.74) is 3.11. The van der Waals surface area contributed by atoms with Gasteiger partial charge in [-0.25, -0.2) is 9.78 Å². The Labute approximate surface area is 198 Å². The van der Waals surface area contributed by atoms with Crippen LogP contribution in [-0.2, 0) is 11.2 Å². The average Bonchev–Trinajstić information content (AvgIpc) is 3.58. The molecule has 1 unspecified atom stereocenters. The first kappa shape index (κ1) is 23.1. The summed E-state index contributed by atoms with van der Waals surface area (Å²) >= 11 is 6.18. The molecule has 8 heteroatoms. The summed E-state index contributed by atoms with van der Waals surface area (Å²) in [5, 5.41) is 20.8. The van der Waals surface area contributed by atoms with Gasteiger partial charge in [0.05, 0.1) is 16.9 Å². The number of aromatic nitrogens is 1. The zero-order chi connectivity index (χ0) is 23.8. The van der Waals surface area contributed by atoms with E-state index in [9.17, 15) is 10.1 Å². The van der Waals surface area contributed by atoms with Gasteiger partial charge in [0.1, 0.15) is 28.7 Å². The molecule has 4 rings (SSSR count). The molecule has 1 heterocycles. The number of halogens is 1. The van der Waals surface area contributed by atoms with Crippen LogP contribution in [0.1, 0.15) is 74.9 Å². The molecule has 0 bridgehead atoms. The van der Waals surface area contributed by atoms with Crippen LogP contribution in [0.5, 0.6) is 5.75 Å². The van der Waals surface area contributed by atoms with Crippen LogP contribution in [0.2, 0.25) is 5.15 Å². The van der Waals surface area contributed by atoms with Crippen LogP contribution in [-0.4, -0.2) is 22.4 Å². The molecule has 0 saturated heterocycles. The van der Waals surface area contributed by atoms with Crippen LogP contribution in [0.4, 0.5) is 10.5 Å². The summed E-state index contributed by atoms with van der Waals surface area (Å²) in [6.45, 7) is 5.41. The molecular weight excluding hydrogens is 440 g/mol. The number of carbonyl (C=O) groups excluding carboxylic acids is 1. The molecule has 2 aromatic rings. The van der Waals surface area contributed by atoms with Crippen LogP contribution in [0.3, 0.4) is 0 Å². The van der Waals surface area contributed by atoms with Crippen LogP contribution >= 0.6 is 11.6 Å². The molecule has 0 radical (unpaired) electrons. The molecule has 1 saturated carbocycles. The van der Waals surface area contributed by atoms with Gasteiger partial charge in [0.15, 0.2) is 0 Å². The summed E-state index contributed by atoms with van der Waals surface area (Å²) in [6.07, 6.45) is 3.58. The van der Waals surface area contributed by atoms with Gasteiger partial charge in [-0.15, -0.1) is 0 Å². The second-order valence-corrected chi connectivity index (χ2v) is 9.86. The van der Waals surface area contributed by atoms with Crippen molar-refractivity contribution in [3.8, 4) is 11.8 Å². The summed E-state index contributed by atoms with van der Waals surface area (Å²) in [6, 6.07) is 9.19.